The minimum atomic E-state index is -5.00. The number of carbonyl (C=O) groups is 2. The second-order valence-corrected chi connectivity index (χ2v) is 15.7. The number of nitrogens with one attached hydrogen (secondary N) is 2. The molecule has 0 spiro atoms. The van der Waals surface area contributed by atoms with Gasteiger partial charge in [-0.1, -0.05) is 0 Å². The van der Waals surface area contributed by atoms with Gasteiger partial charge >= 0.3 is 12.0 Å². The van der Waals surface area contributed by atoms with Gasteiger partial charge < -0.3 is 30.5 Å². The second-order valence-electron chi connectivity index (χ2n) is 12.0. The summed E-state index contributed by atoms with van der Waals surface area (Å²) in [6, 6.07) is 18.2. The average Bonchev–Trinajstić information content (AvgIpc) is 3.13. The maximum Gasteiger partial charge on any atom is 0.335 e. The Hall–Kier alpha value is -6.69. The zero-order chi connectivity index (χ0) is 41.4. The molecule has 0 aromatic heterocycles. The molecule has 2 amide bonds. The first-order chi connectivity index (χ1) is 26.8. The number of urea groups is 1. The fraction of sp³-hybridized carbons (Fsp3) is 0.0286. The van der Waals surface area contributed by atoms with Gasteiger partial charge in [0.1, 0.15) is 21.2 Å². The van der Waals surface area contributed by atoms with Crippen LogP contribution in [0.4, 0.5) is 38.9 Å². The van der Waals surface area contributed by atoms with E-state index < -0.39 is 76.0 Å². The second kappa shape index (κ2) is 15.4. The zero-order valence-corrected chi connectivity index (χ0v) is 31.2. The van der Waals surface area contributed by atoms with Crippen molar-refractivity contribution in [1.82, 2.24) is 0 Å². The van der Waals surface area contributed by atoms with Crippen LogP contribution < -0.4 is 10.6 Å². The number of carbonyl (C=O) groups excluding carboxylic acids is 1. The molecule has 0 heterocycles. The van der Waals surface area contributed by atoms with Crippen molar-refractivity contribution in [2.45, 2.75) is 21.6 Å². The summed E-state index contributed by atoms with van der Waals surface area (Å²) in [5.41, 5.74) is -0.377. The summed E-state index contributed by atoms with van der Waals surface area (Å²) in [7, 11) is -9.99. The number of azo groups is 2. The van der Waals surface area contributed by atoms with Crippen LogP contribution in [0.15, 0.2) is 126 Å². The summed E-state index contributed by atoms with van der Waals surface area (Å²) >= 11 is -2.26. The number of carboxylic acid groups (broad SMARTS) is 1. The topological polar surface area (TPSA) is 314 Å². The zero-order valence-electron chi connectivity index (χ0n) is 28.7. The Morgan fingerprint density at radius 3 is 1.58 bits per heavy atom. The number of anilines is 2. The van der Waals surface area contributed by atoms with Gasteiger partial charge in [0.2, 0.25) is 0 Å². The highest BCUT2D eigenvalue weighted by Crippen LogP contribution is 2.44. The number of rotatable bonds is 10. The van der Waals surface area contributed by atoms with Crippen molar-refractivity contribution in [1.29, 1.82) is 0 Å². The van der Waals surface area contributed by atoms with Crippen LogP contribution in [0.25, 0.3) is 21.5 Å². The number of fused-ring (bicyclic) bond motifs is 2. The molecule has 292 valence electrons. The quantitative estimate of drug-likeness (QED) is 0.0369. The lowest BCUT2D eigenvalue weighted by Crippen LogP contribution is -2.19. The minimum absolute atomic E-state index is 0.0396. The molecule has 22 heteroatoms. The van der Waals surface area contributed by atoms with Gasteiger partial charge in [-0.25, -0.2) is 13.8 Å². The van der Waals surface area contributed by atoms with Gasteiger partial charge in [0.15, 0.2) is 22.6 Å². The van der Waals surface area contributed by atoms with E-state index in [1.165, 1.54) is 78.9 Å². The molecule has 0 aliphatic carbocycles. The van der Waals surface area contributed by atoms with E-state index in [4.69, 9.17) is 5.11 Å². The van der Waals surface area contributed by atoms with Gasteiger partial charge in [-0.3, -0.25) is 9.11 Å². The fourth-order valence-electron chi connectivity index (χ4n) is 5.47. The van der Waals surface area contributed by atoms with Crippen LogP contribution >= 0.6 is 0 Å². The van der Waals surface area contributed by atoms with Gasteiger partial charge in [0, 0.05) is 22.1 Å². The molecule has 0 radical (unpaired) electrons. The van der Waals surface area contributed by atoms with Gasteiger partial charge in [0.05, 0.1) is 21.8 Å². The normalized spacial score (nSPS) is 12.7. The molecule has 0 aliphatic heterocycles. The number of hydrogen-bond acceptors (Lipinski definition) is 13. The Labute approximate surface area is 323 Å². The Bertz CT molecular complexity index is 2970. The highest BCUT2D eigenvalue weighted by Gasteiger charge is 2.24. The number of aromatic carboxylic acids is 1. The maximum absolute atomic E-state index is 13.0. The summed E-state index contributed by atoms with van der Waals surface area (Å²) in [6.45, 7) is 1.56. The maximum atomic E-state index is 13.0. The van der Waals surface area contributed by atoms with Crippen molar-refractivity contribution in [3.05, 3.63) is 102 Å². The number of benzene rings is 6. The summed E-state index contributed by atoms with van der Waals surface area (Å²) in [4.78, 5) is 22.6. The number of hydrogen-bond donors (Lipinski definition) is 8. The number of phenolic OH excluding ortho intramolecular Hbond substituents is 2. The van der Waals surface area contributed by atoms with E-state index in [1.54, 1.807) is 6.92 Å². The third-order valence-corrected chi connectivity index (χ3v) is 10.6. The van der Waals surface area contributed by atoms with Crippen molar-refractivity contribution < 1.29 is 59.6 Å². The van der Waals surface area contributed by atoms with E-state index in [0.29, 0.717) is 5.56 Å². The highest BCUT2D eigenvalue weighted by atomic mass is 32.2. The molecule has 6 aromatic carbocycles. The largest absolute Gasteiger partial charge is 0.505 e. The van der Waals surface area contributed by atoms with Crippen LogP contribution in [0.1, 0.15) is 15.9 Å². The van der Waals surface area contributed by atoms with Crippen LogP contribution in [0.2, 0.25) is 0 Å². The Kier molecular flexibility index (Phi) is 10.8. The molecule has 6 rings (SSSR count). The van der Waals surface area contributed by atoms with Crippen molar-refractivity contribution in [3.63, 3.8) is 0 Å². The first kappa shape index (κ1) is 40.0. The van der Waals surface area contributed by atoms with Crippen LogP contribution in [0, 0.1) is 6.92 Å². The van der Waals surface area contributed by atoms with E-state index in [0.717, 1.165) is 12.1 Å². The summed E-state index contributed by atoms with van der Waals surface area (Å²) in [5.74, 6) is -2.54. The van der Waals surface area contributed by atoms with E-state index >= 15 is 0 Å². The van der Waals surface area contributed by atoms with E-state index in [9.17, 15) is 54.5 Å². The van der Waals surface area contributed by atoms with E-state index in [1.807, 2.05) is 0 Å². The summed E-state index contributed by atoms with van der Waals surface area (Å²) in [5, 5.41) is 51.7. The molecule has 0 fully saturated rings. The Balaban J connectivity index is 1.26. The molecule has 0 saturated carbocycles. The summed E-state index contributed by atoms with van der Waals surface area (Å²) < 4.78 is 89.9. The number of phenols is 2. The number of amides is 2. The standard InChI is InChI=1S/C35H26N6O13S3/c1-17-12-24(55(47)48)8-11-27(17)39-41-31-29(57(52,53)54)16-20-14-23(7-10-26(20)33(31)43)37-35(46)36-22-6-9-25-19(13-22)15-28(56(49,50)51)30(32(25)42)40-38-21-4-2-18(3-5-21)34(44)45/h2-16,42-43H,1H3,(H,44,45)(H,47,48)(H2,36,37,46)(H,49,50,51)(H,52,53,54). The molecule has 1 unspecified atom stereocenters. The molecule has 0 bridgehead atoms. The van der Waals surface area contributed by atoms with Crippen molar-refractivity contribution in [3.8, 4) is 11.5 Å². The number of aryl methyl sites for hydroxylation is 1. The molecule has 0 saturated heterocycles. The van der Waals surface area contributed by atoms with E-state index in [2.05, 4.69) is 31.1 Å². The van der Waals surface area contributed by atoms with Crippen LogP contribution in [0.5, 0.6) is 11.5 Å². The molecule has 0 aliphatic rings. The SMILES string of the molecule is Cc1cc(S(=O)O)ccc1N=Nc1c(S(=O)(=O)O)cc2cc(NC(=O)Nc3ccc4c(O)c(N=Nc5ccc(C(=O)O)cc5)c(S(=O)(=O)O)cc4c3)ccc2c1O. The number of aromatic hydroxyl groups is 2. The van der Waals surface area contributed by atoms with Crippen LogP contribution in [-0.4, -0.2) is 62.0 Å². The molecular formula is C35H26N6O13S3. The molecule has 1 atom stereocenters. The molecule has 57 heavy (non-hydrogen) atoms. The molecule has 8 N–H and O–H groups in total. The number of nitrogens with zero attached hydrogens (tertiary/aromatic N) is 4. The number of carboxylic acids is 1. The van der Waals surface area contributed by atoms with Crippen LogP contribution in [0.3, 0.4) is 0 Å². The van der Waals surface area contributed by atoms with E-state index in [-0.39, 0.29) is 54.8 Å². The lowest BCUT2D eigenvalue weighted by atomic mass is 10.1. The third-order valence-electron chi connectivity index (χ3n) is 8.18. The molecule has 6 aromatic rings. The van der Waals surface area contributed by atoms with Gasteiger partial charge in [-0.15, -0.1) is 10.2 Å². The Morgan fingerprint density at radius 2 is 1.14 bits per heavy atom. The predicted octanol–water partition coefficient (Wildman–Crippen LogP) is 7.96. The fourth-order valence-corrected chi connectivity index (χ4v) is 7.25. The first-order valence-corrected chi connectivity index (χ1v) is 19.8. The highest BCUT2D eigenvalue weighted by molar-refractivity contribution is 7.86. The average molecular weight is 835 g/mol. The van der Waals surface area contributed by atoms with Crippen LogP contribution in [-0.2, 0) is 31.3 Å². The lowest BCUT2D eigenvalue weighted by molar-refractivity contribution is 0.0696. The van der Waals surface area contributed by atoms with Gasteiger partial charge in [-0.05, 0) is 114 Å². The molecular weight excluding hydrogens is 809 g/mol. The lowest BCUT2D eigenvalue weighted by Gasteiger charge is -2.13. The Morgan fingerprint density at radius 1 is 0.649 bits per heavy atom. The first-order valence-electron chi connectivity index (χ1n) is 15.8. The smallest absolute Gasteiger partial charge is 0.335 e. The third kappa shape index (κ3) is 8.75. The monoisotopic (exact) mass is 834 g/mol. The predicted molar refractivity (Wildman–Crippen MR) is 205 cm³/mol. The minimum Gasteiger partial charge on any atom is -0.505 e. The van der Waals surface area contributed by atoms with Gasteiger partial charge in [-0.2, -0.15) is 27.1 Å². The molecule has 19 nitrogen and oxygen atoms in total. The van der Waals surface area contributed by atoms with Gasteiger partial charge in [0.25, 0.3) is 20.2 Å². The van der Waals surface area contributed by atoms with Crippen molar-refractivity contribution in [2.75, 3.05) is 10.6 Å². The van der Waals surface area contributed by atoms with Crippen molar-refractivity contribution in [2.24, 2.45) is 20.5 Å². The summed E-state index contributed by atoms with van der Waals surface area (Å²) in [6.07, 6.45) is 0. The van der Waals surface area contributed by atoms with Crippen molar-refractivity contribution >= 4 is 99.0 Å².